The largest absolute Gasteiger partial charge is 0.456 e. The molecule has 3 rings (SSSR count). The van der Waals surface area contributed by atoms with Crippen molar-refractivity contribution in [2.45, 2.75) is 13.8 Å². The first-order chi connectivity index (χ1) is 12.0. The van der Waals surface area contributed by atoms with E-state index in [1.165, 1.54) is 0 Å². The number of carbonyl (C=O) groups excluding carboxylic acids is 1. The highest BCUT2D eigenvalue weighted by molar-refractivity contribution is 5.95. The number of carbonyl (C=O) groups is 1. The molecule has 126 valence electrons. The van der Waals surface area contributed by atoms with Gasteiger partial charge in [-0.25, -0.2) is 4.79 Å². The minimum Gasteiger partial charge on any atom is -0.456 e. The summed E-state index contributed by atoms with van der Waals surface area (Å²) in [6.07, 6.45) is 0. The maximum Gasteiger partial charge on any atom is 0.347 e. The van der Waals surface area contributed by atoms with E-state index in [0.29, 0.717) is 22.9 Å². The molecular formula is C21H19NO3. The number of esters is 1. The Morgan fingerprint density at radius 1 is 0.880 bits per heavy atom. The first kappa shape index (κ1) is 16.6. The third kappa shape index (κ3) is 3.98. The monoisotopic (exact) mass is 333 g/mol. The molecule has 2 N–H and O–H groups in total. The van der Waals surface area contributed by atoms with Gasteiger partial charge in [-0.3, -0.25) is 0 Å². The van der Waals surface area contributed by atoms with Crippen LogP contribution in [0.5, 0.6) is 17.2 Å². The Bertz CT molecular complexity index is 901. The standard InChI is InChI=1S/C21H19NO3/c1-14-7-10-17(11-8-14)24-21(23)18-13-16(22)9-12-20(18)25-19-6-4-3-5-15(19)2/h3-13H,22H2,1-2H3. The Morgan fingerprint density at radius 3 is 2.32 bits per heavy atom. The minimum atomic E-state index is -0.514. The van der Waals surface area contributed by atoms with E-state index in [9.17, 15) is 4.79 Å². The summed E-state index contributed by atoms with van der Waals surface area (Å²) in [7, 11) is 0. The zero-order valence-corrected chi connectivity index (χ0v) is 14.2. The number of hydrogen-bond donors (Lipinski definition) is 1. The SMILES string of the molecule is Cc1ccc(OC(=O)c2cc(N)ccc2Oc2ccccc2C)cc1. The maximum atomic E-state index is 12.6. The van der Waals surface area contributed by atoms with Gasteiger partial charge in [-0.1, -0.05) is 35.9 Å². The van der Waals surface area contributed by atoms with Crippen molar-refractivity contribution in [3.63, 3.8) is 0 Å². The summed E-state index contributed by atoms with van der Waals surface area (Å²) in [6, 6.07) is 19.8. The average molecular weight is 333 g/mol. The van der Waals surface area contributed by atoms with Gasteiger partial charge in [0.2, 0.25) is 0 Å². The fourth-order valence-electron chi connectivity index (χ4n) is 2.35. The van der Waals surface area contributed by atoms with Crippen molar-refractivity contribution in [3.8, 4) is 17.2 Å². The average Bonchev–Trinajstić information content (AvgIpc) is 2.60. The van der Waals surface area contributed by atoms with Crippen LogP contribution in [0, 0.1) is 13.8 Å². The van der Waals surface area contributed by atoms with Gasteiger partial charge in [-0.05, 0) is 55.8 Å². The summed E-state index contributed by atoms with van der Waals surface area (Å²) in [6.45, 7) is 3.91. The third-order valence-electron chi connectivity index (χ3n) is 3.77. The topological polar surface area (TPSA) is 61.5 Å². The molecule has 4 heteroatoms. The Balaban J connectivity index is 1.89. The van der Waals surface area contributed by atoms with E-state index in [0.717, 1.165) is 11.1 Å². The van der Waals surface area contributed by atoms with Crippen molar-refractivity contribution < 1.29 is 14.3 Å². The van der Waals surface area contributed by atoms with E-state index >= 15 is 0 Å². The highest BCUT2D eigenvalue weighted by Crippen LogP contribution is 2.30. The summed E-state index contributed by atoms with van der Waals surface area (Å²) in [4.78, 5) is 12.6. The molecule has 0 aromatic heterocycles. The molecule has 0 atom stereocenters. The summed E-state index contributed by atoms with van der Waals surface area (Å²) < 4.78 is 11.4. The number of hydrogen-bond acceptors (Lipinski definition) is 4. The van der Waals surface area contributed by atoms with Gasteiger partial charge in [0.25, 0.3) is 0 Å². The second-order valence-electron chi connectivity index (χ2n) is 5.83. The zero-order valence-electron chi connectivity index (χ0n) is 14.2. The highest BCUT2D eigenvalue weighted by atomic mass is 16.5. The molecule has 0 bridgehead atoms. The second kappa shape index (κ2) is 7.09. The molecule has 0 saturated heterocycles. The second-order valence-corrected chi connectivity index (χ2v) is 5.83. The predicted molar refractivity (Wildman–Crippen MR) is 98.2 cm³/mol. The van der Waals surface area contributed by atoms with E-state index in [-0.39, 0.29) is 5.56 Å². The van der Waals surface area contributed by atoms with E-state index in [2.05, 4.69) is 0 Å². The molecule has 0 saturated carbocycles. The molecule has 0 amide bonds. The van der Waals surface area contributed by atoms with Gasteiger partial charge in [0, 0.05) is 5.69 Å². The van der Waals surface area contributed by atoms with Crippen LogP contribution in [-0.2, 0) is 0 Å². The van der Waals surface area contributed by atoms with Crippen molar-refractivity contribution in [3.05, 3.63) is 83.4 Å². The van der Waals surface area contributed by atoms with E-state index in [1.807, 2.05) is 50.2 Å². The van der Waals surface area contributed by atoms with Gasteiger partial charge in [-0.15, -0.1) is 0 Å². The van der Waals surface area contributed by atoms with Crippen LogP contribution in [0.2, 0.25) is 0 Å². The van der Waals surface area contributed by atoms with Crippen molar-refractivity contribution >= 4 is 11.7 Å². The van der Waals surface area contributed by atoms with Crippen molar-refractivity contribution in [1.29, 1.82) is 0 Å². The summed E-state index contributed by atoms with van der Waals surface area (Å²) in [5, 5.41) is 0. The quantitative estimate of drug-likeness (QED) is 0.419. The first-order valence-corrected chi connectivity index (χ1v) is 7.95. The number of nitrogens with two attached hydrogens (primary N) is 1. The molecule has 0 unspecified atom stereocenters. The molecule has 25 heavy (non-hydrogen) atoms. The van der Waals surface area contributed by atoms with Crippen LogP contribution in [0.25, 0.3) is 0 Å². The lowest BCUT2D eigenvalue weighted by atomic mass is 10.1. The lowest BCUT2D eigenvalue weighted by molar-refractivity contribution is 0.0732. The molecule has 0 aliphatic rings. The van der Waals surface area contributed by atoms with Crippen molar-refractivity contribution in [2.24, 2.45) is 0 Å². The van der Waals surface area contributed by atoms with Crippen LogP contribution in [-0.4, -0.2) is 5.97 Å². The van der Waals surface area contributed by atoms with E-state index in [4.69, 9.17) is 15.2 Å². The van der Waals surface area contributed by atoms with Crippen LogP contribution in [0.15, 0.2) is 66.7 Å². The van der Waals surface area contributed by atoms with Crippen LogP contribution < -0.4 is 15.2 Å². The number of anilines is 1. The Morgan fingerprint density at radius 2 is 1.60 bits per heavy atom. The fourth-order valence-corrected chi connectivity index (χ4v) is 2.35. The smallest absolute Gasteiger partial charge is 0.347 e. The van der Waals surface area contributed by atoms with Crippen LogP contribution in [0.4, 0.5) is 5.69 Å². The van der Waals surface area contributed by atoms with Crippen molar-refractivity contribution in [1.82, 2.24) is 0 Å². The maximum absolute atomic E-state index is 12.6. The lowest BCUT2D eigenvalue weighted by Crippen LogP contribution is -2.10. The fraction of sp³-hybridized carbons (Fsp3) is 0.0952. The van der Waals surface area contributed by atoms with E-state index < -0.39 is 5.97 Å². The van der Waals surface area contributed by atoms with Crippen LogP contribution in [0.3, 0.4) is 0 Å². The zero-order chi connectivity index (χ0) is 17.8. The predicted octanol–water partition coefficient (Wildman–Crippen LogP) is 4.90. The van der Waals surface area contributed by atoms with Gasteiger partial charge in [0.05, 0.1) is 0 Å². The van der Waals surface area contributed by atoms with Gasteiger partial charge in [0.15, 0.2) is 0 Å². The Hall–Kier alpha value is -3.27. The van der Waals surface area contributed by atoms with Crippen LogP contribution in [0.1, 0.15) is 21.5 Å². The highest BCUT2D eigenvalue weighted by Gasteiger charge is 2.17. The molecule has 0 aliphatic carbocycles. The van der Waals surface area contributed by atoms with Gasteiger partial charge < -0.3 is 15.2 Å². The number of rotatable bonds is 4. The third-order valence-corrected chi connectivity index (χ3v) is 3.77. The molecule has 0 heterocycles. The Labute approximate surface area is 146 Å². The summed E-state index contributed by atoms with van der Waals surface area (Å²) in [5.74, 6) is 1.04. The molecule has 3 aromatic carbocycles. The van der Waals surface area contributed by atoms with Gasteiger partial charge in [-0.2, -0.15) is 0 Å². The molecular weight excluding hydrogens is 314 g/mol. The molecule has 0 spiro atoms. The number of benzene rings is 3. The molecule has 3 aromatic rings. The molecule has 0 radical (unpaired) electrons. The Kier molecular flexibility index (Phi) is 4.70. The molecule has 4 nitrogen and oxygen atoms in total. The van der Waals surface area contributed by atoms with Crippen molar-refractivity contribution in [2.75, 3.05) is 5.73 Å². The number of ether oxygens (including phenoxy) is 2. The van der Waals surface area contributed by atoms with Crippen LogP contribution >= 0.6 is 0 Å². The molecule has 0 fully saturated rings. The minimum absolute atomic E-state index is 0.281. The number of para-hydroxylation sites is 1. The van der Waals surface area contributed by atoms with E-state index in [1.54, 1.807) is 30.3 Å². The number of nitrogen functional groups attached to an aromatic ring is 1. The number of aryl methyl sites for hydroxylation is 2. The summed E-state index contributed by atoms with van der Waals surface area (Å²) >= 11 is 0. The normalized spacial score (nSPS) is 10.3. The summed E-state index contributed by atoms with van der Waals surface area (Å²) in [5.41, 5.74) is 8.65. The van der Waals surface area contributed by atoms with Gasteiger partial charge in [0.1, 0.15) is 22.8 Å². The molecule has 0 aliphatic heterocycles. The van der Waals surface area contributed by atoms with Gasteiger partial charge >= 0.3 is 5.97 Å². The lowest BCUT2D eigenvalue weighted by Gasteiger charge is -2.13. The first-order valence-electron chi connectivity index (χ1n) is 7.95.